The van der Waals surface area contributed by atoms with Crippen molar-refractivity contribution < 1.29 is 19.1 Å². The maximum atomic E-state index is 12.9. The van der Waals surface area contributed by atoms with Crippen LogP contribution in [0.5, 0.6) is 5.75 Å². The fourth-order valence-electron chi connectivity index (χ4n) is 5.86. The number of hydrogen-bond acceptors (Lipinski definition) is 5. The smallest absolute Gasteiger partial charge is 0.338 e. The van der Waals surface area contributed by atoms with Crippen LogP contribution in [-0.4, -0.2) is 37.6 Å². The number of fused-ring (bicyclic) bond motifs is 3. The molecule has 0 saturated heterocycles. The van der Waals surface area contributed by atoms with Gasteiger partial charge in [0.15, 0.2) is 0 Å². The van der Waals surface area contributed by atoms with Crippen molar-refractivity contribution in [3.63, 3.8) is 0 Å². The first-order chi connectivity index (χ1) is 16.7. The molecular weight excluding hydrogens is 462 g/mol. The number of esters is 1. The molecule has 0 amide bonds. The minimum Gasteiger partial charge on any atom is -0.490 e. The van der Waals surface area contributed by atoms with Gasteiger partial charge in [-0.1, -0.05) is 17.7 Å². The number of carbonyl (C=O) groups excluding carboxylic acids is 2. The van der Waals surface area contributed by atoms with Crippen molar-refractivity contribution in [1.82, 2.24) is 0 Å². The normalized spacial score (nSPS) is 25.5. The molecule has 6 heteroatoms. The van der Waals surface area contributed by atoms with E-state index >= 15 is 0 Å². The van der Waals surface area contributed by atoms with Gasteiger partial charge in [-0.05, 0) is 100 Å². The van der Waals surface area contributed by atoms with Gasteiger partial charge in [0, 0.05) is 29.4 Å². The highest BCUT2D eigenvalue weighted by Crippen LogP contribution is 2.46. The van der Waals surface area contributed by atoms with Crippen LogP contribution in [0.2, 0.25) is 5.02 Å². The first-order valence-electron chi connectivity index (χ1n) is 12.7. The number of halogens is 1. The highest BCUT2D eigenvalue weighted by molar-refractivity contribution is 6.30. The molecule has 5 nitrogen and oxygen atoms in total. The minimum atomic E-state index is -0.569. The van der Waals surface area contributed by atoms with Gasteiger partial charge in [0.2, 0.25) is 0 Å². The maximum absolute atomic E-state index is 12.9. The van der Waals surface area contributed by atoms with E-state index in [1.54, 1.807) is 6.07 Å². The molecule has 0 radical (unpaired) electrons. The molecule has 2 aromatic carbocycles. The largest absolute Gasteiger partial charge is 0.490 e. The molecule has 0 N–H and O–H groups in total. The molecule has 186 valence electrons. The predicted molar refractivity (Wildman–Crippen MR) is 138 cm³/mol. The summed E-state index contributed by atoms with van der Waals surface area (Å²) < 4.78 is 12.1. The monoisotopic (exact) mass is 495 g/mol. The van der Waals surface area contributed by atoms with E-state index < -0.39 is 5.60 Å². The quantitative estimate of drug-likeness (QED) is 0.385. The maximum Gasteiger partial charge on any atom is 0.338 e. The fourth-order valence-corrected chi connectivity index (χ4v) is 6.06. The van der Waals surface area contributed by atoms with Crippen molar-refractivity contribution in [2.75, 3.05) is 24.6 Å². The van der Waals surface area contributed by atoms with Crippen LogP contribution in [0.25, 0.3) is 0 Å². The number of carbonyl (C=O) groups is 2. The van der Waals surface area contributed by atoms with Gasteiger partial charge in [-0.25, -0.2) is 4.79 Å². The number of aryl methyl sites for hydroxylation is 1. The Morgan fingerprint density at radius 2 is 2.06 bits per heavy atom. The SMILES string of the molecule is CC(C)(C)OC(=O)c1ccc2c(c1)N(C[C@@H]1CC[C@H]1C=O)C[C@@]1(CCCc3cc(Cl)ccc31)CO2. The van der Waals surface area contributed by atoms with Gasteiger partial charge in [-0.2, -0.15) is 0 Å². The molecule has 0 aromatic heterocycles. The lowest BCUT2D eigenvalue weighted by atomic mass is 9.69. The highest BCUT2D eigenvalue weighted by atomic mass is 35.5. The molecule has 5 rings (SSSR count). The summed E-state index contributed by atoms with van der Waals surface area (Å²) >= 11 is 6.34. The summed E-state index contributed by atoms with van der Waals surface area (Å²) in [5.74, 6) is 0.850. The second-order valence-electron chi connectivity index (χ2n) is 11.4. The van der Waals surface area contributed by atoms with E-state index in [1.165, 1.54) is 11.1 Å². The van der Waals surface area contributed by atoms with Gasteiger partial charge in [0.25, 0.3) is 0 Å². The summed E-state index contributed by atoms with van der Waals surface area (Å²) in [5.41, 5.74) is 3.27. The number of ether oxygens (including phenoxy) is 2. The second-order valence-corrected chi connectivity index (χ2v) is 11.9. The molecule has 1 spiro atoms. The van der Waals surface area contributed by atoms with Gasteiger partial charge in [0.1, 0.15) is 17.6 Å². The summed E-state index contributed by atoms with van der Waals surface area (Å²) in [5, 5.41) is 0.765. The third kappa shape index (κ3) is 4.80. The second kappa shape index (κ2) is 9.16. The zero-order valence-corrected chi connectivity index (χ0v) is 21.6. The van der Waals surface area contributed by atoms with Crippen LogP contribution in [0.4, 0.5) is 5.69 Å². The van der Waals surface area contributed by atoms with E-state index in [4.69, 9.17) is 21.1 Å². The Morgan fingerprint density at radius 3 is 2.77 bits per heavy atom. The van der Waals surface area contributed by atoms with Crippen LogP contribution in [0.3, 0.4) is 0 Å². The highest BCUT2D eigenvalue weighted by Gasteiger charge is 2.43. The third-order valence-corrected chi connectivity index (χ3v) is 8.01. The summed E-state index contributed by atoms with van der Waals surface area (Å²) in [4.78, 5) is 26.8. The standard InChI is InChI=1S/C29H34ClNO4/c1-28(2,3)35-27(33)20-8-11-26-25(14-20)31(15-21-6-7-22(21)16-32)17-29(18-34-26)12-4-5-19-13-23(30)9-10-24(19)29/h8-11,13-14,16,21-22H,4-7,12,15,17-18H2,1-3H3/t21-,22-,29-/m0/s1. The molecular formula is C29H34ClNO4. The molecule has 1 heterocycles. The Hall–Kier alpha value is -2.53. The molecule has 1 aliphatic heterocycles. The van der Waals surface area contributed by atoms with E-state index in [-0.39, 0.29) is 17.3 Å². The van der Waals surface area contributed by atoms with E-state index in [0.29, 0.717) is 18.1 Å². The first kappa shape index (κ1) is 24.2. The van der Waals surface area contributed by atoms with Crippen molar-refractivity contribution in [2.24, 2.45) is 11.8 Å². The Morgan fingerprint density at radius 1 is 1.23 bits per heavy atom. The van der Waals surface area contributed by atoms with Crippen LogP contribution < -0.4 is 9.64 Å². The van der Waals surface area contributed by atoms with Crippen LogP contribution >= 0.6 is 11.6 Å². The Bertz CT molecular complexity index is 1140. The average Bonchev–Trinajstić information content (AvgIpc) is 2.93. The Labute approximate surface area is 212 Å². The van der Waals surface area contributed by atoms with E-state index in [1.807, 2.05) is 39.0 Å². The molecule has 0 bridgehead atoms. The van der Waals surface area contributed by atoms with Crippen molar-refractivity contribution in [2.45, 2.75) is 63.9 Å². The Balaban J connectivity index is 1.54. The van der Waals surface area contributed by atoms with Gasteiger partial charge < -0.3 is 19.2 Å². The van der Waals surface area contributed by atoms with E-state index in [0.717, 1.165) is 67.9 Å². The lowest BCUT2D eigenvalue weighted by molar-refractivity contribution is -0.115. The third-order valence-electron chi connectivity index (χ3n) is 7.78. The topological polar surface area (TPSA) is 55.8 Å². The van der Waals surface area contributed by atoms with Gasteiger partial charge in [-0.3, -0.25) is 0 Å². The van der Waals surface area contributed by atoms with E-state index in [2.05, 4.69) is 17.0 Å². The number of rotatable bonds is 4. The average molecular weight is 496 g/mol. The molecule has 35 heavy (non-hydrogen) atoms. The molecule has 3 aliphatic rings. The van der Waals surface area contributed by atoms with Crippen molar-refractivity contribution >= 4 is 29.5 Å². The van der Waals surface area contributed by atoms with Crippen molar-refractivity contribution in [3.05, 3.63) is 58.1 Å². The number of nitrogens with zero attached hydrogens (tertiary/aromatic N) is 1. The van der Waals surface area contributed by atoms with Gasteiger partial charge in [-0.15, -0.1) is 0 Å². The van der Waals surface area contributed by atoms with Gasteiger partial charge in [0.05, 0.1) is 17.9 Å². The van der Waals surface area contributed by atoms with E-state index in [9.17, 15) is 9.59 Å². The number of hydrogen-bond donors (Lipinski definition) is 0. The van der Waals surface area contributed by atoms with Crippen LogP contribution in [0.15, 0.2) is 36.4 Å². The zero-order chi connectivity index (χ0) is 24.8. The molecule has 0 unspecified atom stereocenters. The predicted octanol–water partition coefficient (Wildman–Crippen LogP) is 5.99. The van der Waals surface area contributed by atoms with Crippen molar-refractivity contribution in [3.8, 4) is 5.75 Å². The number of aldehydes is 1. The Kier molecular flexibility index (Phi) is 6.33. The fraction of sp³-hybridized carbons (Fsp3) is 0.517. The molecule has 2 aliphatic carbocycles. The minimum absolute atomic E-state index is 0.102. The lowest BCUT2D eigenvalue weighted by Gasteiger charge is -2.43. The van der Waals surface area contributed by atoms with Crippen LogP contribution in [-0.2, 0) is 21.4 Å². The van der Waals surface area contributed by atoms with Crippen molar-refractivity contribution in [1.29, 1.82) is 0 Å². The number of anilines is 1. The van der Waals surface area contributed by atoms with Crippen LogP contribution in [0, 0.1) is 11.8 Å². The zero-order valence-electron chi connectivity index (χ0n) is 20.8. The summed E-state index contributed by atoms with van der Waals surface area (Å²) in [6.07, 6.45) is 6.21. The molecule has 2 aromatic rings. The molecule has 3 atom stereocenters. The number of benzene rings is 2. The summed E-state index contributed by atoms with van der Waals surface area (Å²) in [6, 6.07) is 11.8. The lowest BCUT2D eigenvalue weighted by Crippen LogP contribution is -2.48. The first-order valence-corrected chi connectivity index (χ1v) is 13.0. The summed E-state index contributed by atoms with van der Waals surface area (Å²) in [6.45, 7) is 7.72. The molecule has 1 fully saturated rings. The molecule has 1 saturated carbocycles. The van der Waals surface area contributed by atoms with Crippen LogP contribution in [0.1, 0.15) is 67.9 Å². The van der Waals surface area contributed by atoms with Gasteiger partial charge >= 0.3 is 5.97 Å². The summed E-state index contributed by atoms with van der Waals surface area (Å²) in [7, 11) is 0.